The van der Waals surface area contributed by atoms with E-state index in [0.717, 1.165) is 18.8 Å². The average molecular weight is 141 g/mol. The highest BCUT2D eigenvalue weighted by atomic mass is 15.6. The normalized spacial score (nSPS) is 20.3. The van der Waals surface area contributed by atoms with Gasteiger partial charge in [-0.1, -0.05) is 0 Å². The number of hydrazine groups is 1. The first-order valence-electron chi connectivity index (χ1n) is 3.74. The Labute approximate surface area is 62.1 Å². The summed E-state index contributed by atoms with van der Waals surface area (Å²) in [7, 11) is 3.97. The predicted molar refractivity (Wildman–Crippen MR) is 42.0 cm³/mol. The highest BCUT2D eigenvalue weighted by molar-refractivity contribution is 5.79. The lowest BCUT2D eigenvalue weighted by atomic mass is 10.1. The summed E-state index contributed by atoms with van der Waals surface area (Å²) in [6.07, 6.45) is 3.35. The molecule has 0 amide bonds. The molecule has 1 saturated heterocycles. The summed E-state index contributed by atoms with van der Waals surface area (Å²) < 4.78 is 0. The molecule has 0 spiro atoms. The van der Waals surface area contributed by atoms with Gasteiger partial charge in [0.05, 0.1) is 0 Å². The predicted octanol–water partition coefficient (Wildman–Crippen LogP) is 0.926. The second-order valence-corrected chi connectivity index (χ2v) is 2.87. The summed E-state index contributed by atoms with van der Waals surface area (Å²) in [6.45, 7) is 1.02. The molecule has 1 aliphatic rings. The second kappa shape index (κ2) is 3.01. The lowest BCUT2D eigenvalue weighted by Crippen LogP contribution is -2.44. The standard InChI is InChI=1S/C7H15N3/c1-9(2)10-6-4-3-5-7(10)8/h8H,3-6H2,1-2H3. The van der Waals surface area contributed by atoms with E-state index in [1.54, 1.807) is 0 Å². The molecule has 0 aliphatic carbocycles. The lowest BCUT2D eigenvalue weighted by molar-refractivity contribution is 0.0946. The van der Waals surface area contributed by atoms with Crippen molar-refractivity contribution in [2.75, 3.05) is 20.6 Å². The third-order valence-corrected chi connectivity index (χ3v) is 1.83. The van der Waals surface area contributed by atoms with E-state index in [2.05, 4.69) is 0 Å². The van der Waals surface area contributed by atoms with Gasteiger partial charge in [-0.05, 0) is 12.8 Å². The molecule has 1 rings (SSSR count). The minimum atomic E-state index is 0.760. The molecule has 1 fully saturated rings. The molecule has 0 atom stereocenters. The van der Waals surface area contributed by atoms with Crippen LogP contribution in [-0.2, 0) is 0 Å². The van der Waals surface area contributed by atoms with Crippen LogP contribution in [0.2, 0.25) is 0 Å². The zero-order chi connectivity index (χ0) is 7.56. The van der Waals surface area contributed by atoms with Gasteiger partial charge in [-0.3, -0.25) is 10.4 Å². The first kappa shape index (κ1) is 7.54. The van der Waals surface area contributed by atoms with Gasteiger partial charge in [0, 0.05) is 27.1 Å². The van der Waals surface area contributed by atoms with Crippen LogP contribution >= 0.6 is 0 Å². The minimum Gasteiger partial charge on any atom is -0.294 e. The molecule has 58 valence electrons. The number of amidine groups is 1. The zero-order valence-corrected chi connectivity index (χ0v) is 6.72. The van der Waals surface area contributed by atoms with Crippen LogP contribution in [0.25, 0.3) is 0 Å². The molecule has 3 heteroatoms. The van der Waals surface area contributed by atoms with Crippen LogP contribution in [0.3, 0.4) is 0 Å². The molecule has 10 heavy (non-hydrogen) atoms. The van der Waals surface area contributed by atoms with Crippen LogP contribution in [-0.4, -0.2) is 36.5 Å². The Bertz CT molecular complexity index is 131. The van der Waals surface area contributed by atoms with Crippen molar-refractivity contribution in [3.63, 3.8) is 0 Å². The van der Waals surface area contributed by atoms with Crippen LogP contribution in [0.1, 0.15) is 19.3 Å². The van der Waals surface area contributed by atoms with Crippen LogP contribution in [0.5, 0.6) is 0 Å². The summed E-state index contributed by atoms with van der Waals surface area (Å²) in [5, 5.41) is 11.6. The van der Waals surface area contributed by atoms with E-state index in [9.17, 15) is 0 Å². The van der Waals surface area contributed by atoms with E-state index in [1.165, 1.54) is 12.8 Å². The monoisotopic (exact) mass is 141 g/mol. The highest BCUT2D eigenvalue weighted by Crippen LogP contribution is 2.10. The third kappa shape index (κ3) is 1.48. The number of hydrogen-bond donors (Lipinski definition) is 1. The molecule has 0 aromatic heterocycles. The van der Waals surface area contributed by atoms with E-state index in [0.29, 0.717) is 0 Å². The zero-order valence-electron chi connectivity index (χ0n) is 6.72. The van der Waals surface area contributed by atoms with Crippen molar-refractivity contribution in [2.45, 2.75) is 19.3 Å². The first-order valence-corrected chi connectivity index (χ1v) is 3.74. The van der Waals surface area contributed by atoms with Crippen LogP contribution in [0.15, 0.2) is 0 Å². The van der Waals surface area contributed by atoms with E-state index in [-0.39, 0.29) is 0 Å². The van der Waals surface area contributed by atoms with Gasteiger partial charge in [0.1, 0.15) is 5.84 Å². The maximum Gasteiger partial charge on any atom is 0.110 e. The Morgan fingerprint density at radius 1 is 1.40 bits per heavy atom. The quantitative estimate of drug-likeness (QED) is 0.588. The van der Waals surface area contributed by atoms with Crippen molar-refractivity contribution in [3.8, 4) is 0 Å². The molecule has 0 unspecified atom stereocenters. The lowest BCUT2D eigenvalue weighted by Gasteiger charge is -2.34. The topological polar surface area (TPSA) is 30.3 Å². The maximum absolute atomic E-state index is 7.56. The van der Waals surface area contributed by atoms with Crippen molar-refractivity contribution >= 4 is 5.84 Å². The Hall–Kier alpha value is -0.570. The molecule has 1 aliphatic heterocycles. The number of piperidine rings is 1. The fourth-order valence-electron chi connectivity index (χ4n) is 1.26. The molecule has 0 radical (unpaired) electrons. The molecular weight excluding hydrogens is 126 g/mol. The van der Waals surface area contributed by atoms with E-state index in [1.807, 2.05) is 24.1 Å². The van der Waals surface area contributed by atoms with Gasteiger partial charge in [-0.2, -0.15) is 0 Å². The summed E-state index contributed by atoms with van der Waals surface area (Å²) >= 11 is 0. The van der Waals surface area contributed by atoms with Gasteiger partial charge in [-0.25, -0.2) is 5.01 Å². The van der Waals surface area contributed by atoms with Gasteiger partial charge in [0.25, 0.3) is 0 Å². The van der Waals surface area contributed by atoms with Gasteiger partial charge >= 0.3 is 0 Å². The molecule has 0 saturated carbocycles. The Morgan fingerprint density at radius 3 is 2.50 bits per heavy atom. The number of nitrogens with one attached hydrogen (secondary N) is 1. The van der Waals surface area contributed by atoms with Crippen LogP contribution < -0.4 is 0 Å². The highest BCUT2D eigenvalue weighted by Gasteiger charge is 2.15. The van der Waals surface area contributed by atoms with Gasteiger partial charge in [0.2, 0.25) is 0 Å². The molecule has 0 aromatic carbocycles. The van der Waals surface area contributed by atoms with Gasteiger partial charge in [-0.15, -0.1) is 0 Å². The summed E-state index contributed by atoms with van der Waals surface area (Å²) in [4.78, 5) is 0. The Kier molecular flexibility index (Phi) is 2.27. The third-order valence-electron chi connectivity index (χ3n) is 1.83. The fourth-order valence-corrected chi connectivity index (χ4v) is 1.26. The van der Waals surface area contributed by atoms with Crippen molar-refractivity contribution in [1.29, 1.82) is 5.41 Å². The molecule has 0 aromatic rings. The minimum absolute atomic E-state index is 0.760. The summed E-state index contributed by atoms with van der Waals surface area (Å²) in [5.41, 5.74) is 0. The van der Waals surface area contributed by atoms with Crippen molar-refractivity contribution in [2.24, 2.45) is 0 Å². The molecular formula is C7H15N3. The number of hydrogen-bond acceptors (Lipinski definition) is 2. The second-order valence-electron chi connectivity index (χ2n) is 2.87. The van der Waals surface area contributed by atoms with Crippen LogP contribution in [0.4, 0.5) is 0 Å². The SMILES string of the molecule is CN(C)N1CCCCC1=N. The summed E-state index contributed by atoms with van der Waals surface area (Å²) in [6, 6.07) is 0. The van der Waals surface area contributed by atoms with Crippen molar-refractivity contribution < 1.29 is 0 Å². The number of rotatable bonds is 1. The smallest absolute Gasteiger partial charge is 0.110 e. The fraction of sp³-hybridized carbons (Fsp3) is 0.857. The summed E-state index contributed by atoms with van der Waals surface area (Å²) in [5.74, 6) is 0.760. The van der Waals surface area contributed by atoms with Crippen LogP contribution in [0, 0.1) is 5.41 Å². The van der Waals surface area contributed by atoms with Gasteiger partial charge in [0.15, 0.2) is 0 Å². The Morgan fingerprint density at radius 2 is 2.10 bits per heavy atom. The molecule has 3 nitrogen and oxygen atoms in total. The molecule has 0 bridgehead atoms. The molecule has 1 N–H and O–H groups in total. The average Bonchev–Trinajstić information content (AvgIpc) is 1.88. The van der Waals surface area contributed by atoms with E-state index in [4.69, 9.17) is 5.41 Å². The number of nitrogens with zero attached hydrogens (tertiary/aromatic N) is 2. The van der Waals surface area contributed by atoms with Crippen molar-refractivity contribution in [3.05, 3.63) is 0 Å². The molecule has 1 heterocycles. The van der Waals surface area contributed by atoms with E-state index < -0.39 is 0 Å². The Balaban J connectivity index is 2.48. The largest absolute Gasteiger partial charge is 0.294 e. The first-order chi connectivity index (χ1) is 4.72. The van der Waals surface area contributed by atoms with Gasteiger partial charge < -0.3 is 0 Å². The van der Waals surface area contributed by atoms with Crippen molar-refractivity contribution in [1.82, 2.24) is 10.0 Å². The van der Waals surface area contributed by atoms with E-state index >= 15 is 0 Å². The maximum atomic E-state index is 7.56.